The fraction of sp³-hybridized carbons (Fsp3) is 0.158. The number of carbonyl (C=O) groups is 2. The molecule has 0 aliphatic carbocycles. The number of amides is 2. The van der Waals surface area contributed by atoms with Crippen LogP contribution in [-0.4, -0.2) is 27.0 Å². The highest BCUT2D eigenvalue weighted by molar-refractivity contribution is 5.95. The van der Waals surface area contributed by atoms with Crippen molar-refractivity contribution >= 4 is 12.0 Å². The third-order valence-electron chi connectivity index (χ3n) is 4.20. The second-order valence-corrected chi connectivity index (χ2v) is 5.80. The molecule has 1 aromatic heterocycles. The predicted octanol–water partition coefficient (Wildman–Crippen LogP) is 3.54. The van der Waals surface area contributed by atoms with E-state index in [0.717, 1.165) is 16.0 Å². The van der Waals surface area contributed by atoms with Crippen LogP contribution < -0.4 is 0 Å². The average molecular weight is 333 g/mol. The Morgan fingerprint density at radius 3 is 2.72 bits per heavy atom. The van der Waals surface area contributed by atoms with E-state index in [0.29, 0.717) is 16.7 Å². The van der Waals surface area contributed by atoms with Crippen molar-refractivity contribution in [1.29, 1.82) is 5.26 Å². The summed E-state index contributed by atoms with van der Waals surface area (Å²) in [5.41, 5.74) is 3.18. The number of aromatic nitrogens is 1. The van der Waals surface area contributed by atoms with Gasteiger partial charge in [-0.25, -0.2) is 9.69 Å². The lowest BCUT2D eigenvalue weighted by Crippen LogP contribution is -2.42. The monoisotopic (exact) mass is 333 g/mol. The zero-order valence-corrected chi connectivity index (χ0v) is 13.5. The molecule has 0 fully saturated rings. The Bertz CT molecular complexity index is 913. The van der Waals surface area contributed by atoms with Crippen molar-refractivity contribution in [3.63, 3.8) is 0 Å². The maximum atomic E-state index is 12.2. The fourth-order valence-corrected chi connectivity index (χ4v) is 3.02. The minimum Gasteiger partial charge on any atom is -0.465 e. The largest absolute Gasteiger partial charge is 0.465 e. The van der Waals surface area contributed by atoms with Gasteiger partial charge in [0.1, 0.15) is 6.04 Å². The van der Waals surface area contributed by atoms with Crippen molar-refractivity contribution in [3.8, 4) is 17.2 Å². The molecule has 0 bridgehead atoms. The molecule has 0 spiro atoms. The number of benzene rings is 1. The van der Waals surface area contributed by atoms with Gasteiger partial charge in [0.2, 0.25) is 5.91 Å². The number of hydrogen-bond donors (Lipinski definition) is 1. The third-order valence-corrected chi connectivity index (χ3v) is 4.20. The number of hydrogen-bond acceptors (Lipinski definition) is 4. The van der Waals surface area contributed by atoms with E-state index >= 15 is 0 Å². The Hall–Kier alpha value is -3.46. The summed E-state index contributed by atoms with van der Waals surface area (Å²) in [4.78, 5) is 28.7. The van der Waals surface area contributed by atoms with Crippen LogP contribution in [0.15, 0.2) is 59.9 Å². The highest BCUT2D eigenvalue weighted by Gasteiger charge is 2.38. The number of nitrogens with zero attached hydrogens (tertiary/aromatic N) is 3. The standard InChI is InChI=1S/C19H15N3O3/c1-12-8-17(23)22(19(24)25)18(16(12)10-20)14-5-2-4-13(9-14)15-6-3-7-21-11-15/h2-7,9,11,18H,8H2,1H3,(H,24,25). The summed E-state index contributed by atoms with van der Waals surface area (Å²) in [7, 11) is 0. The summed E-state index contributed by atoms with van der Waals surface area (Å²) in [6, 6.07) is 12.0. The topological polar surface area (TPSA) is 94.3 Å². The summed E-state index contributed by atoms with van der Waals surface area (Å²) < 4.78 is 0. The first-order chi connectivity index (χ1) is 12.0. The van der Waals surface area contributed by atoms with Crippen molar-refractivity contribution in [1.82, 2.24) is 9.88 Å². The van der Waals surface area contributed by atoms with E-state index in [1.165, 1.54) is 0 Å². The molecule has 1 aliphatic rings. The number of carbonyl (C=O) groups excluding carboxylic acids is 1. The van der Waals surface area contributed by atoms with Crippen LogP contribution in [0.2, 0.25) is 0 Å². The molecule has 0 saturated carbocycles. The maximum Gasteiger partial charge on any atom is 0.414 e. The third kappa shape index (κ3) is 3.00. The highest BCUT2D eigenvalue weighted by Crippen LogP contribution is 2.37. The number of nitriles is 1. The van der Waals surface area contributed by atoms with Crippen molar-refractivity contribution in [2.24, 2.45) is 0 Å². The Balaban J connectivity index is 2.15. The second kappa shape index (κ2) is 6.57. The molecule has 1 aliphatic heterocycles. The van der Waals surface area contributed by atoms with Gasteiger partial charge in [-0.05, 0) is 41.3 Å². The summed E-state index contributed by atoms with van der Waals surface area (Å²) in [5.74, 6) is -0.527. The van der Waals surface area contributed by atoms with E-state index in [2.05, 4.69) is 11.1 Å². The molecule has 124 valence electrons. The van der Waals surface area contributed by atoms with Gasteiger partial charge in [0.15, 0.2) is 0 Å². The van der Waals surface area contributed by atoms with Gasteiger partial charge in [0.25, 0.3) is 0 Å². The lowest BCUT2D eigenvalue weighted by atomic mass is 9.88. The van der Waals surface area contributed by atoms with Crippen molar-refractivity contribution < 1.29 is 14.7 Å². The van der Waals surface area contributed by atoms with E-state index in [-0.39, 0.29) is 6.42 Å². The van der Waals surface area contributed by atoms with E-state index in [4.69, 9.17) is 0 Å². The van der Waals surface area contributed by atoms with E-state index < -0.39 is 18.0 Å². The average Bonchev–Trinajstić information content (AvgIpc) is 2.61. The minimum absolute atomic E-state index is 0.0615. The fourth-order valence-electron chi connectivity index (χ4n) is 3.02. The molecule has 1 atom stereocenters. The van der Waals surface area contributed by atoms with Gasteiger partial charge < -0.3 is 5.11 Å². The number of imide groups is 1. The molecule has 0 radical (unpaired) electrons. The van der Waals surface area contributed by atoms with Gasteiger partial charge in [-0.1, -0.05) is 24.3 Å². The first-order valence-electron chi connectivity index (χ1n) is 7.68. The lowest BCUT2D eigenvalue weighted by Gasteiger charge is -2.32. The van der Waals surface area contributed by atoms with Crippen LogP contribution in [0.1, 0.15) is 24.9 Å². The molecule has 25 heavy (non-hydrogen) atoms. The summed E-state index contributed by atoms with van der Waals surface area (Å²) in [6.07, 6.45) is 1.95. The molecule has 3 rings (SSSR count). The molecule has 0 saturated heterocycles. The Labute approximate surface area is 144 Å². The summed E-state index contributed by atoms with van der Waals surface area (Å²) in [5, 5.41) is 19.0. The van der Waals surface area contributed by atoms with Crippen LogP contribution >= 0.6 is 0 Å². The van der Waals surface area contributed by atoms with Crippen molar-refractivity contribution in [2.45, 2.75) is 19.4 Å². The molecule has 2 amide bonds. The van der Waals surface area contributed by atoms with E-state index in [1.807, 2.05) is 12.1 Å². The van der Waals surface area contributed by atoms with Gasteiger partial charge in [-0.15, -0.1) is 0 Å². The summed E-state index contributed by atoms with van der Waals surface area (Å²) >= 11 is 0. The van der Waals surface area contributed by atoms with Crippen LogP contribution in [0, 0.1) is 11.3 Å². The first kappa shape index (κ1) is 16.4. The molecule has 2 heterocycles. The molecular weight excluding hydrogens is 318 g/mol. The minimum atomic E-state index is -1.36. The number of pyridine rings is 1. The molecule has 1 N–H and O–H groups in total. The smallest absolute Gasteiger partial charge is 0.414 e. The predicted molar refractivity (Wildman–Crippen MR) is 90.2 cm³/mol. The van der Waals surface area contributed by atoms with E-state index in [1.54, 1.807) is 43.6 Å². The SMILES string of the molecule is CC1=C(C#N)C(c2cccc(-c3cccnc3)c2)N(C(=O)O)C(=O)C1. The molecule has 1 aromatic carbocycles. The van der Waals surface area contributed by atoms with Gasteiger partial charge in [-0.3, -0.25) is 9.78 Å². The number of rotatable bonds is 2. The van der Waals surface area contributed by atoms with Crippen LogP contribution in [0.25, 0.3) is 11.1 Å². The van der Waals surface area contributed by atoms with Gasteiger partial charge in [0, 0.05) is 18.8 Å². The number of carboxylic acid groups (broad SMARTS) is 1. The van der Waals surface area contributed by atoms with Crippen LogP contribution in [-0.2, 0) is 4.79 Å². The Kier molecular flexibility index (Phi) is 4.31. The molecule has 1 unspecified atom stereocenters. The first-order valence-corrected chi connectivity index (χ1v) is 7.68. The quantitative estimate of drug-likeness (QED) is 0.907. The van der Waals surface area contributed by atoms with Crippen LogP contribution in [0.5, 0.6) is 0 Å². The van der Waals surface area contributed by atoms with Gasteiger partial charge >= 0.3 is 6.09 Å². The molecule has 6 heteroatoms. The van der Waals surface area contributed by atoms with Crippen molar-refractivity contribution in [3.05, 3.63) is 65.5 Å². The lowest BCUT2D eigenvalue weighted by molar-refractivity contribution is -0.130. The van der Waals surface area contributed by atoms with Gasteiger partial charge in [-0.2, -0.15) is 5.26 Å². The Morgan fingerprint density at radius 2 is 2.08 bits per heavy atom. The van der Waals surface area contributed by atoms with Crippen LogP contribution in [0.4, 0.5) is 4.79 Å². The summed E-state index contributed by atoms with van der Waals surface area (Å²) in [6.45, 7) is 1.69. The van der Waals surface area contributed by atoms with Crippen LogP contribution in [0.3, 0.4) is 0 Å². The van der Waals surface area contributed by atoms with Crippen molar-refractivity contribution in [2.75, 3.05) is 0 Å². The maximum absolute atomic E-state index is 12.2. The van der Waals surface area contributed by atoms with Gasteiger partial charge in [0.05, 0.1) is 11.6 Å². The highest BCUT2D eigenvalue weighted by atomic mass is 16.4. The zero-order chi connectivity index (χ0) is 18.0. The van der Waals surface area contributed by atoms with E-state index in [9.17, 15) is 20.0 Å². The second-order valence-electron chi connectivity index (χ2n) is 5.80. The molecular formula is C19H15N3O3. The molecule has 6 nitrogen and oxygen atoms in total. The Morgan fingerprint density at radius 1 is 1.32 bits per heavy atom. The molecule has 2 aromatic rings. The zero-order valence-electron chi connectivity index (χ0n) is 13.5. The normalized spacial score (nSPS) is 17.4.